The van der Waals surface area contributed by atoms with Crippen molar-refractivity contribution in [1.29, 1.82) is 0 Å². The van der Waals surface area contributed by atoms with Gasteiger partial charge in [-0.1, -0.05) is 11.6 Å². The zero-order valence-corrected chi connectivity index (χ0v) is 10.9. The van der Waals surface area contributed by atoms with E-state index in [0.29, 0.717) is 6.54 Å². The lowest BCUT2D eigenvalue weighted by molar-refractivity contribution is 0.303. The molecule has 0 radical (unpaired) electrons. The number of hydrogen-bond acceptors (Lipinski definition) is 5. The highest BCUT2D eigenvalue weighted by Crippen LogP contribution is 2.29. The lowest BCUT2D eigenvalue weighted by Crippen LogP contribution is -2.22. The van der Waals surface area contributed by atoms with Gasteiger partial charge in [-0.25, -0.2) is 0 Å². The molecule has 0 amide bonds. The Morgan fingerprint density at radius 3 is 2.65 bits per heavy atom. The molecule has 0 aliphatic rings. The predicted octanol–water partition coefficient (Wildman–Crippen LogP) is 2.29. The number of halogens is 1. The molecule has 0 spiro atoms. The standard InChI is InChI=1S/C11H12ClN3OS/c1-15(6-7-16)11-5-2-8(13-14-11)9-3-4-10(12)17-9/h2-5,16H,6-7H2,1H3. The van der Waals surface area contributed by atoms with E-state index in [9.17, 15) is 0 Å². The molecule has 90 valence electrons. The van der Waals surface area contributed by atoms with Gasteiger partial charge >= 0.3 is 0 Å². The van der Waals surface area contributed by atoms with Crippen LogP contribution in [0, 0.1) is 0 Å². The van der Waals surface area contributed by atoms with Crippen LogP contribution in [0.2, 0.25) is 4.34 Å². The highest BCUT2D eigenvalue weighted by atomic mass is 35.5. The molecule has 0 aromatic carbocycles. The Balaban J connectivity index is 2.18. The van der Waals surface area contributed by atoms with Gasteiger partial charge in [0, 0.05) is 13.6 Å². The van der Waals surface area contributed by atoms with Gasteiger partial charge in [0.05, 0.1) is 15.8 Å². The predicted molar refractivity (Wildman–Crippen MR) is 70.7 cm³/mol. The van der Waals surface area contributed by atoms with E-state index in [1.54, 1.807) is 0 Å². The first-order valence-electron chi connectivity index (χ1n) is 5.12. The van der Waals surface area contributed by atoms with Gasteiger partial charge in [0.1, 0.15) is 5.69 Å². The van der Waals surface area contributed by atoms with Crippen molar-refractivity contribution in [2.24, 2.45) is 0 Å². The second-order valence-electron chi connectivity index (χ2n) is 3.53. The molecule has 0 saturated carbocycles. The average Bonchev–Trinajstić information content (AvgIpc) is 2.76. The third-order valence-corrected chi connectivity index (χ3v) is 3.56. The Hall–Kier alpha value is -1.17. The number of rotatable bonds is 4. The molecule has 4 nitrogen and oxygen atoms in total. The second kappa shape index (κ2) is 5.44. The summed E-state index contributed by atoms with van der Waals surface area (Å²) in [6.07, 6.45) is 0. The Morgan fingerprint density at radius 2 is 2.12 bits per heavy atom. The summed E-state index contributed by atoms with van der Waals surface area (Å²) in [7, 11) is 1.86. The van der Waals surface area contributed by atoms with Gasteiger partial charge in [0.2, 0.25) is 0 Å². The van der Waals surface area contributed by atoms with E-state index in [1.165, 1.54) is 11.3 Å². The lowest BCUT2D eigenvalue weighted by Gasteiger charge is -2.15. The van der Waals surface area contributed by atoms with Crippen molar-refractivity contribution in [3.63, 3.8) is 0 Å². The van der Waals surface area contributed by atoms with Crippen LogP contribution in [-0.4, -0.2) is 35.5 Å². The zero-order chi connectivity index (χ0) is 12.3. The quantitative estimate of drug-likeness (QED) is 0.925. The number of likely N-dealkylation sites (N-methyl/N-ethyl adjacent to an activating group) is 1. The molecule has 0 aliphatic heterocycles. The molecule has 0 bridgehead atoms. The van der Waals surface area contributed by atoms with E-state index in [0.717, 1.165) is 20.7 Å². The zero-order valence-electron chi connectivity index (χ0n) is 9.30. The Kier molecular flexibility index (Phi) is 3.93. The van der Waals surface area contributed by atoms with Crippen molar-refractivity contribution < 1.29 is 5.11 Å². The van der Waals surface area contributed by atoms with E-state index >= 15 is 0 Å². The molecule has 0 fully saturated rings. The fourth-order valence-electron chi connectivity index (χ4n) is 1.38. The van der Waals surface area contributed by atoms with Gasteiger partial charge in [-0.2, -0.15) is 0 Å². The topological polar surface area (TPSA) is 49.2 Å². The molecule has 17 heavy (non-hydrogen) atoms. The molecule has 0 saturated heterocycles. The van der Waals surface area contributed by atoms with E-state index in [1.807, 2.05) is 36.2 Å². The average molecular weight is 270 g/mol. The first kappa shape index (κ1) is 12.3. The van der Waals surface area contributed by atoms with E-state index in [2.05, 4.69) is 10.2 Å². The Bertz CT molecular complexity index is 486. The van der Waals surface area contributed by atoms with Crippen LogP contribution >= 0.6 is 22.9 Å². The van der Waals surface area contributed by atoms with Gasteiger partial charge < -0.3 is 10.0 Å². The number of aliphatic hydroxyl groups is 1. The van der Waals surface area contributed by atoms with E-state index < -0.39 is 0 Å². The van der Waals surface area contributed by atoms with Crippen molar-refractivity contribution in [1.82, 2.24) is 10.2 Å². The van der Waals surface area contributed by atoms with Crippen LogP contribution in [0.15, 0.2) is 24.3 Å². The molecular formula is C11H12ClN3OS. The second-order valence-corrected chi connectivity index (χ2v) is 5.24. The maximum absolute atomic E-state index is 8.83. The molecule has 6 heteroatoms. The van der Waals surface area contributed by atoms with Gasteiger partial charge in [0.25, 0.3) is 0 Å². The molecule has 2 rings (SSSR count). The van der Waals surface area contributed by atoms with Crippen LogP contribution < -0.4 is 4.90 Å². The maximum Gasteiger partial charge on any atom is 0.151 e. The summed E-state index contributed by atoms with van der Waals surface area (Å²) < 4.78 is 0.739. The summed E-state index contributed by atoms with van der Waals surface area (Å²) >= 11 is 7.34. The first-order valence-corrected chi connectivity index (χ1v) is 6.31. The highest BCUT2D eigenvalue weighted by molar-refractivity contribution is 7.19. The Labute approximate surface area is 108 Å². The molecule has 0 unspecified atom stereocenters. The normalized spacial score (nSPS) is 10.5. The lowest BCUT2D eigenvalue weighted by atomic mass is 10.3. The number of nitrogens with zero attached hydrogens (tertiary/aromatic N) is 3. The van der Waals surface area contributed by atoms with Gasteiger partial charge in [-0.3, -0.25) is 0 Å². The fraction of sp³-hybridized carbons (Fsp3) is 0.273. The van der Waals surface area contributed by atoms with Crippen LogP contribution in [0.25, 0.3) is 10.6 Å². The highest BCUT2D eigenvalue weighted by Gasteiger charge is 2.06. The van der Waals surface area contributed by atoms with Crippen LogP contribution in [-0.2, 0) is 0 Å². The largest absolute Gasteiger partial charge is 0.395 e. The summed E-state index contributed by atoms with van der Waals surface area (Å²) in [5.41, 5.74) is 0.808. The first-order chi connectivity index (χ1) is 8.20. The van der Waals surface area contributed by atoms with Crippen LogP contribution in [0.4, 0.5) is 5.82 Å². The summed E-state index contributed by atoms with van der Waals surface area (Å²) in [5.74, 6) is 0.741. The minimum absolute atomic E-state index is 0.0977. The molecule has 2 aromatic heterocycles. The fourth-order valence-corrected chi connectivity index (χ4v) is 2.38. The summed E-state index contributed by atoms with van der Waals surface area (Å²) in [6, 6.07) is 7.55. The number of hydrogen-bond donors (Lipinski definition) is 1. The minimum atomic E-state index is 0.0977. The molecular weight excluding hydrogens is 258 g/mol. The molecule has 2 aromatic rings. The smallest absolute Gasteiger partial charge is 0.151 e. The van der Waals surface area contributed by atoms with E-state index in [-0.39, 0.29) is 6.61 Å². The molecule has 2 heterocycles. The van der Waals surface area contributed by atoms with Crippen molar-refractivity contribution >= 4 is 28.8 Å². The van der Waals surface area contributed by atoms with Crippen LogP contribution in [0.1, 0.15) is 0 Å². The summed E-state index contributed by atoms with van der Waals surface area (Å²) in [5, 5.41) is 17.1. The number of aromatic nitrogens is 2. The van der Waals surface area contributed by atoms with Gasteiger partial charge in [-0.15, -0.1) is 21.5 Å². The molecule has 0 aliphatic carbocycles. The number of thiophene rings is 1. The van der Waals surface area contributed by atoms with Crippen molar-refractivity contribution in [3.8, 4) is 10.6 Å². The third kappa shape index (κ3) is 2.94. The molecule has 0 atom stereocenters. The third-order valence-electron chi connectivity index (χ3n) is 2.30. The molecule has 1 N–H and O–H groups in total. The van der Waals surface area contributed by atoms with Crippen molar-refractivity contribution in [2.45, 2.75) is 0 Å². The van der Waals surface area contributed by atoms with Gasteiger partial charge in [-0.05, 0) is 24.3 Å². The Morgan fingerprint density at radius 1 is 1.29 bits per heavy atom. The van der Waals surface area contributed by atoms with Crippen molar-refractivity contribution in [2.75, 3.05) is 25.1 Å². The summed E-state index contributed by atoms with van der Waals surface area (Å²) in [4.78, 5) is 2.84. The van der Waals surface area contributed by atoms with Gasteiger partial charge in [0.15, 0.2) is 5.82 Å². The van der Waals surface area contributed by atoms with Crippen LogP contribution in [0.5, 0.6) is 0 Å². The van der Waals surface area contributed by atoms with Crippen LogP contribution in [0.3, 0.4) is 0 Å². The monoisotopic (exact) mass is 269 g/mol. The van der Waals surface area contributed by atoms with Crippen molar-refractivity contribution in [3.05, 3.63) is 28.6 Å². The summed E-state index contributed by atoms with van der Waals surface area (Å²) in [6.45, 7) is 0.638. The minimum Gasteiger partial charge on any atom is -0.395 e. The number of aliphatic hydroxyl groups excluding tert-OH is 1. The number of anilines is 1. The van der Waals surface area contributed by atoms with E-state index in [4.69, 9.17) is 16.7 Å². The SMILES string of the molecule is CN(CCO)c1ccc(-c2ccc(Cl)s2)nn1. The maximum atomic E-state index is 8.83.